The van der Waals surface area contributed by atoms with Crippen molar-refractivity contribution in [2.75, 3.05) is 27.2 Å². The SMILES string of the molecule is C=Cc1cc2ccccc2c(S(=O)(=O)OCCN(C)C)c1C=C. The second-order valence-corrected chi connectivity index (χ2v) is 6.97. The van der Waals surface area contributed by atoms with E-state index in [0.29, 0.717) is 23.1 Å². The molecule has 4 nitrogen and oxygen atoms in total. The highest BCUT2D eigenvalue weighted by Crippen LogP contribution is 2.32. The molecule has 0 saturated carbocycles. The summed E-state index contributed by atoms with van der Waals surface area (Å²) in [5.41, 5.74) is 1.23. The highest BCUT2D eigenvalue weighted by Gasteiger charge is 2.23. The van der Waals surface area contributed by atoms with Gasteiger partial charge >= 0.3 is 0 Å². The second-order valence-electron chi connectivity index (χ2n) is 5.42. The fourth-order valence-corrected chi connectivity index (χ4v) is 3.73. The third-order valence-electron chi connectivity index (χ3n) is 3.52. The summed E-state index contributed by atoms with van der Waals surface area (Å²) < 4.78 is 30.7. The van der Waals surface area contributed by atoms with Gasteiger partial charge in [-0.05, 0) is 31.1 Å². The Labute approximate surface area is 137 Å². The number of fused-ring (bicyclic) bond motifs is 1. The molecule has 2 aromatic carbocycles. The molecule has 122 valence electrons. The molecule has 0 aliphatic carbocycles. The van der Waals surface area contributed by atoms with Crippen LogP contribution in [-0.4, -0.2) is 40.6 Å². The summed E-state index contributed by atoms with van der Waals surface area (Å²) in [7, 11) is -0.184. The summed E-state index contributed by atoms with van der Waals surface area (Å²) in [4.78, 5) is 2.02. The van der Waals surface area contributed by atoms with Gasteiger partial charge in [0, 0.05) is 17.5 Å². The molecular formula is C18H21NO3S. The van der Waals surface area contributed by atoms with Gasteiger partial charge in [-0.2, -0.15) is 8.42 Å². The zero-order chi connectivity index (χ0) is 17.0. The lowest BCUT2D eigenvalue weighted by Gasteiger charge is -2.15. The lowest BCUT2D eigenvalue weighted by Crippen LogP contribution is -2.21. The number of rotatable bonds is 7. The highest BCUT2D eigenvalue weighted by molar-refractivity contribution is 7.87. The summed E-state index contributed by atoms with van der Waals surface area (Å²) in [5, 5.41) is 1.45. The lowest BCUT2D eigenvalue weighted by molar-refractivity contribution is 0.265. The Morgan fingerprint density at radius 3 is 2.48 bits per heavy atom. The van der Waals surface area contributed by atoms with Gasteiger partial charge in [0.05, 0.1) is 6.61 Å². The monoisotopic (exact) mass is 331 g/mol. The Hall–Kier alpha value is -1.95. The molecule has 0 heterocycles. The van der Waals surface area contributed by atoms with Crippen LogP contribution in [0, 0.1) is 0 Å². The highest BCUT2D eigenvalue weighted by atomic mass is 32.2. The zero-order valence-corrected chi connectivity index (χ0v) is 14.3. The Bertz CT molecular complexity index is 839. The van der Waals surface area contributed by atoms with Crippen LogP contribution in [0.2, 0.25) is 0 Å². The van der Waals surface area contributed by atoms with Crippen molar-refractivity contribution in [3.05, 3.63) is 54.6 Å². The van der Waals surface area contributed by atoms with Gasteiger partial charge < -0.3 is 4.90 Å². The molecule has 5 heteroatoms. The van der Waals surface area contributed by atoms with E-state index in [-0.39, 0.29) is 11.5 Å². The Balaban J connectivity index is 2.65. The number of hydrogen-bond acceptors (Lipinski definition) is 4. The molecule has 0 fully saturated rings. The van der Waals surface area contributed by atoms with E-state index in [1.54, 1.807) is 12.1 Å². The molecule has 0 amide bonds. The topological polar surface area (TPSA) is 46.6 Å². The second kappa shape index (κ2) is 7.08. The molecule has 0 bridgehead atoms. The smallest absolute Gasteiger partial charge is 0.298 e. The van der Waals surface area contributed by atoms with Crippen LogP contribution < -0.4 is 0 Å². The predicted octanol–water partition coefficient (Wildman–Crippen LogP) is 3.39. The van der Waals surface area contributed by atoms with E-state index in [0.717, 1.165) is 5.39 Å². The minimum Gasteiger partial charge on any atom is -0.307 e. The van der Waals surface area contributed by atoms with E-state index in [4.69, 9.17) is 4.18 Å². The lowest BCUT2D eigenvalue weighted by atomic mass is 10.0. The quantitative estimate of drug-likeness (QED) is 0.730. The maximum absolute atomic E-state index is 12.8. The standard InChI is InChI=1S/C18H21NO3S/c1-5-14-13-15-9-7-8-10-17(15)18(16(14)6-2)23(20,21)22-12-11-19(3)4/h5-10,13H,1-2,11-12H2,3-4H3. The first-order valence-electron chi connectivity index (χ1n) is 7.25. The molecule has 0 aromatic heterocycles. The van der Waals surface area contributed by atoms with E-state index in [2.05, 4.69) is 13.2 Å². The van der Waals surface area contributed by atoms with Crippen molar-refractivity contribution in [3.63, 3.8) is 0 Å². The fraction of sp³-hybridized carbons (Fsp3) is 0.222. The van der Waals surface area contributed by atoms with Crippen LogP contribution in [0.4, 0.5) is 0 Å². The van der Waals surface area contributed by atoms with Crippen molar-refractivity contribution in [1.82, 2.24) is 4.90 Å². The van der Waals surface area contributed by atoms with Gasteiger partial charge in [0.1, 0.15) is 4.90 Å². The molecule has 0 N–H and O–H groups in total. The van der Waals surface area contributed by atoms with Crippen molar-refractivity contribution >= 4 is 33.0 Å². The Morgan fingerprint density at radius 2 is 1.87 bits per heavy atom. The molecule has 23 heavy (non-hydrogen) atoms. The molecule has 0 unspecified atom stereocenters. The summed E-state index contributed by atoms with van der Waals surface area (Å²) in [5.74, 6) is 0. The molecule has 0 spiro atoms. The first kappa shape index (κ1) is 17.4. The summed E-state index contributed by atoms with van der Waals surface area (Å²) in [6, 6.07) is 9.22. The van der Waals surface area contributed by atoms with Crippen molar-refractivity contribution < 1.29 is 12.6 Å². The molecule has 0 aliphatic heterocycles. The number of hydrogen-bond donors (Lipinski definition) is 0. The van der Waals surface area contributed by atoms with Crippen molar-refractivity contribution in [1.29, 1.82) is 0 Å². The van der Waals surface area contributed by atoms with Crippen molar-refractivity contribution in [2.45, 2.75) is 4.90 Å². The van der Waals surface area contributed by atoms with Crippen LogP contribution >= 0.6 is 0 Å². The van der Waals surface area contributed by atoms with Crippen LogP contribution in [0.1, 0.15) is 11.1 Å². The molecule has 2 aromatic rings. The van der Waals surface area contributed by atoms with Gasteiger partial charge in [-0.1, -0.05) is 49.6 Å². The first-order chi connectivity index (χ1) is 10.9. The molecule has 0 saturated heterocycles. The third kappa shape index (κ3) is 3.69. The largest absolute Gasteiger partial charge is 0.307 e. The van der Waals surface area contributed by atoms with E-state index < -0.39 is 10.1 Å². The minimum atomic E-state index is -3.90. The van der Waals surface area contributed by atoms with Crippen molar-refractivity contribution in [2.24, 2.45) is 0 Å². The van der Waals surface area contributed by atoms with Gasteiger partial charge in [-0.25, -0.2) is 0 Å². The van der Waals surface area contributed by atoms with E-state index >= 15 is 0 Å². The zero-order valence-electron chi connectivity index (χ0n) is 13.5. The van der Waals surface area contributed by atoms with Gasteiger partial charge in [0.2, 0.25) is 0 Å². The Kier molecular flexibility index (Phi) is 5.36. The predicted molar refractivity (Wildman–Crippen MR) is 95.8 cm³/mol. The molecule has 0 atom stereocenters. The Morgan fingerprint density at radius 1 is 1.17 bits per heavy atom. The molecule has 2 rings (SSSR count). The molecule has 0 radical (unpaired) electrons. The van der Waals surface area contributed by atoms with Gasteiger partial charge in [0.25, 0.3) is 10.1 Å². The van der Waals surface area contributed by atoms with Crippen LogP contribution in [-0.2, 0) is 14.3 Å². The molecule has 0 aliphatic rings. The summed E-state index contributed by atoms with van der Waals surface area (Å²) >= 11 is 0. The average molecular weight is 331 g/mol. The van der Waals surface area contributed by atoms with Gasteiger partial charge in [-0.3, -0.25) is 4.18 Å². The van der Waals surface area contributed by atoms with Gasteiger partial charge in [-0.15, -0.1) is 0 Å². The number of benzene rings is 2. The normalized spacial score (nSPS) is 11.8. The van der Waals surface area contributed by atoms with E-state index in [9.17, 15) is 8.42 Å². The third-order valence-corrected chi connectivity index (χ3v) is 4.94. The van der Waals surface area contributed by atoms with Crippen LogP contribution in [0.5, 0.6) is 0 Å². The molecular weight excluding hydrogens is 310 g/mol. The maximum atomic E-state index is 12.8. The number of likely N-dealkylation sites (N-methyl/N-ethyl adjacent to an activating group) is 1. The van der Waals surface area contributed by atoms with Gasteiger partial charge in [0.15, 0.2) is 0 Å². The summed E-state index contributed by atoms with van der Waals surface area (Å²) in [6.07, 6.45) is 3.16. The van der Waals surface area contributed by atoms with Crippen LogP contribution in [0.3, 0.4) is 0 Å². The minimum absolute atomic E-state index is 0.0958. The summed E-state index contributed by atoms with van der Waals surface area (Å²) in [6.45, 7) is 8.13. The fourth-order valence-electron chi connectivity index (χ4n) is 2.39. The van der Waals surface area contributed by atoms with E-state index in [1.165, 1.54) is 6.08 Å². The number of nitrogens with zero attached hydrogens (tertiary/aromatic N) is 1. The van der Waals surface area contributed by atoms with Crippen LogP contribution in [0.25, 0.3) is 22.9 Å². The van der Waals surface area contributed by atoms with Crippen LogP contribution in [0.15, 0.2) is 48.4 Å². The average Bonchev–Trinajstić information content (AvgIpc) is 2.52. The first-order valence-corrected chi connectivity index (χ1v) is 8.66. The van der Waals surface area contributed by atoms with Crippen molar-refractivity contribution in [3.8, 4) is 0 Å². The van der Waals surface area contributed by atoms with E-state index in [1.807, 2.05) is 43.3 Å². The maximum Gasteiger partial charge on any atom is 0.298 e.